The van der Waals surface area contributed by atoms with Gasteiger partial charge in [-0.3, -0.25) is 4.79 Å². The van der Waals surface area contributed by atoms with Crippen LogP contribution < -0.4 is 0 Å². The minimum atomic E-state index is -1.17. The molecule has 0 amide bonds. The Hall–Kier alpha value is -0.480. The third-order valence-electron chi connectivity index (χ3n) is 9.42. The van der Waals surface area contributed by atoms with Gasteiger partial charge in [0.05, 0.1) is 13.0 Å². The third-order valence-corrected chi connectivity index (χ3v) is 9.78. The number of esters is 2. The predicted octanol–water partition coefficient (Wildman–Crippen LogP) is 5.53. The van der Waals surface area contributed by atoms with Gasteiger partial charge in [0.25, 0.3) is 0 Å². The van der Waals surface area contributed by atoms with E-state index < -0.39 is 10.8 Å². The average molecular weight is 445 g/mol. The zero-order valence-corrected chi connectivity index (χ0v) is 19.3. The summed E-state index contributed by atoms with van der Waals surface area (Å²) < 4.78 is 11.2. The standard InChI is InChI=1S/C23H34Cl2O4/c1-22-11-5-4-6-13(22)7-8-14-15-9-10-16(20(26)28-3)23(15,2)12-17(18(14)22)29-21(27)19(24)25/h13-19H,4-12H2,1-3H3/t13-,14+,15+,16-,17+,18-,22+,23+/m1/s1. The van der Waals surface area contributed by atoms with Crippen molar-refractivity contribution in [2.24, 2.45) is 40.4 Å². The van der Waals surface area contributed by atoms with Crippen molar-refractivity contribution >= 4 is 35.1 Å². The number of rotatable bonds is 3. The number of alkyl halides is 2. The molecule has 8 atom stereocenters. The molecule has 0 spiro atoms. The van der Waals surface area contributed by atoms with Gasteiger partial charge in [-0.1, -0.05) is 49.9 Å². The Morgan fingerprint density at radius 1 is 1.00 bits per heavy atom. The number of methoxy groups -OCH3 is 1. The second-order valence-electron chi connectivity index (χ2n) is 10.5. The van der Waals surface area contributed by atoms with Crippen molar-refractivity contribution in [1.82, 2.24) is 0 Å². The van der Waals surface area contributed by atoms with E-state index in [1.54, 1.807) is 0 Å². The van der Waals surface area contributed by atoms with Crippen LogP contribution in [0.4, 0.5) is 0 Å². The van der Waals surface area contributed by atoms with E-state index >= 15 is 0 Å². The van der Waals surface area contributed by atoms with Crippen LogP contribution in [0.2, 0.25) is 0 Å². The Morgan fingerprint density at radius 3 is 2.45 bits per heavy atom. The molecule has 0 aromatic heterocycles. The van der Waals surface area contributed by atoms with Gasteiger partial charge in [-0.25, -0.2) is 4.79 Å². The molecule has 4 saturated carbocycles. The van der Waals surface area contributed by atoms with E-state index in [2.05, 4.69) is 13.8 Å². The summed E-state index contributed by atoms with van der Waals surface area (Å²) in [6, 6.07) is 0. The van der Waals surface area contributed by atoms with Crippen molar-refractivity contribution in [3.63, 3.8) is 0 Å². The molecular weight excluding hydrogens is 411 g/mol. The molecule has 0 aromatic carbocycles. The fourth-order valence-corrected chi connectivity index (χ4v) is 8.33. The van der Waals surface area contributed by atoms with E-state index in [0.29, 0.717) is 30.1 Å². The molecule has 0 radical (unpaired) electrons. The molecule has 6 heteroatoms. The summed E-state index contributed by atoms with van der Waals surface area (Å²) in [4.78, 5) is 23.9. The van der Waals surface area contributed by atoms with Crippen molar-refractivity contribution in [1.29, 1.82) is 0 Å². The molecule has 4 nitrogen and oxygen atoms in total. The Labute approximate surface area is 184 Å². The number of fused-ring (bicyclic) bond motifs is 5. The smallest absolute Gasteiger partial charge is 0.339 e. The molecular formula is C23H34Cl2O4. The van der Waals surface area contributed by atoms with Crippen LogP contribution in [0.25, 0.3) is 0 Å². The molecule has 4 aliphatic carbocycles. The van der Waals surface area contributed by atoms with Crippen LogP contribution in [0, 0.1) is 40.4 Å². The molecule has 0 aromatic rings. The summed E-state index contributed by atoms with van der Waals surface area (Å²) >= 11 is 11.7. The fourth-order valence-electron chi connectivity index (χ4n) is 8.22. The number of halogens is 2. The van der Waals surface area contributed by atoms with Crippen molar-refractivity contribution < 1.29 is 19.1 Å². The van der Waals surface area contributed by atoms with Gasteiger partial charge in [0.15, 0.2) is 0 Å². The number of hydrogen-bond acceptors (Lipinski definition) is 4. The second-order valence-corrected chi connectivity index (χ2v) is 11.6. The lowest BCUT2D eigenvalue weighted by atomic mass is 9.44. The molecule has 4 aliphatic rings. The summed E-state index contributed by atoms with van der Waals surface area (Å²) in [7, 11) is 1.47. The highest BCUT2D eigenvalue weighted by atomic mass is 35.5. The lowest BCUT2D eigenvalue weighted by Crippen LogP contribution is -2.59. The molecule has 29 heavy (non-hydrogen) atoms. The molecule has 0 aliphatic heterocycles. The Kier molecular flexibility index (Phi) is 5.92. The maximum atomic E-state index is 12.6. The number of ether oxygens (including phenoxy) is 2. The first-order valence-electron chi connectivity index (χ1n) is 11.3. The minimum Gasteiger partial charge on any atom is -0.469 e. The van der Waals surface area contributed by atoms with Crippen LogP contribution in [0.5, 0.6) is 0 Å². The van der Waals surface area contributed by atoms with Crippen LogP contribution in [0.15, 0.2) is 0 Å². The van der Waals surface area contributed by atoms with Crippen LogP contribution in [-0.2, 0) is 19.1 Å². The quantitative estimate of drug-likeness (QED) is 0.423. The molecule has 0 saturated heterocycles. The largest absolute Gasteiger partial charge is 0.469 e. The van der Waals surface area contributed by atoms with Gasteiger partial charge in [-0.2, -0.15) is 0 Å². The van der Waals surface area contributed by atoms with E-state index in [1.807, 2.05) is 0 Å². The number of carbonyl (C=O) groups is 2. The number of carbonyl (C=O) groups excluding carboxylic acids is 2. The van der Waals surface area contributed by atoms with Crippen LogP contribution >= 0.6 is 23.2 Å². The summed E-state index contributed by atoms with van der Waals surface area (Å²) in [5, 5.41) is 0. The Morgan fingerprint density at radius 2 is 1.76 bits per heavy atom. The summed E-state index contributed by atoms with van der Waals surface area (Å²) in [5.74, 6) is 1.19. The molecule has 164 valence electrons. The van der Waals surface area contributed by atoms with Gasteiger partial charge in [-0.15, -0.1) is 0 Å². The molecule has 0 heterocycles. The normalized spacial score (nSPS) is 46.4. The highest BCUT2D eigenvalue weighted by Gasteiger charge is 2.65. The molecule has 4 rings (SSSR count). The maximum absolute atomic E-state index is 12.6. The van der Waals surface area contributed by atoms with Crippen molar-refractivity contribution in [2.45, 2.75) is 82.6 Å². The van der Waals surface area contributed by atoms with Gasteiger partial charge in [-0.05, 0) is 73.5 Å². The summed E-state index contributed by atoms with van der Waals surface area (Å²) in [5.41, 5.74) is -0.0177. The van der Waals surface area contributed by atoms with Gasteiger partial charge in [0.2, 0.25) is 4.84 Å². The Balaban J connectivity index is 1.72. The first-order chi connectivity index (χ1) is 13.7. The predicted molar refractivity (Wildman–Crippen MR) is 113 cm³/mol. The lowest BCUT2D eigenvalue weighted by molar-refractivity contribution is -0.195. The minimum absolute atomic E-state index is 0.122. The van der Waals surface area contributed by atoms with Crippen molar-refractivity contribution in [3.05, 3.63) is 0 Å². The van der Waals surface area contributed by atoms with Crippen molar-refractivity contribution in [2.75, 3.05) is 7.11 Å². The van der Waals surface area contributed by atoms with E-state index in [4.69, 9.17) is 32.7 Å². The topological polar surface area (TPSA) is 52.6 Å². The fraction of sp³-hybridized carbons (Fsp3) is 0.913. The zero-order chi connectivity index (χ0) is 21.0. The Bertz CT molecular complexity index is 667. The number of hydrogen-bond donors (Lipinski definition) is 0. The van der Waals surface area contributed by atoms with E-state index in [0.717, 1.165) is 19.3 Å². The van der Waals surface area contributed by atoms with Gasteiger partial charge in [0, 0.05) is 5.92 Å². The monoisotopic (exact) mass is 444 g/mol. The average Bonchev–Trinajstić information content (AvgIpc) is 3.03. The van der Waals surface area contributed by atoms with E-state index in [-0.39, 0.29) is 28.8 Å². The second kappa shape index (κ2) is 7.89. The summed E-state index contributed by atoms with van der Waals surface area (Å²) in [6.45, 7) is 4.65. The zero-order valence-electron chi connectivity index (χ0n) is 17.8. The van der Waals surface area contributed by atoms with E-state index in [9.17, 15) is 9.59 Å². The lowest BCUT2D eigenvalue weighted by Gasteiger charge is -2.62. The van der Waals surface area contributed by atoms with Crippen molar-refractivity contribution in [3.8, 4) is 0 Å². The first kappa shape index (κ1) is 21.7. The molecule has 0 unspecified atom stereocenters. The van der Waals surface area contributed by atoms with Gasteiger partial charge >= 0.3 is 11.9 Å². The molecule has 4 fully saturated rings. The maximum Gasteiger partial charge on any atom is 0.339 e. The SMILES string of the molecule is COC(=O)[C@H]1CC[C@H]2[C@@H]3CC[C@H]4CCCC[C@]4(C)[C@H]3[C@@H](OC(=O)C(Cl)Cl)C[C@]12C. The third kappa shape index (κ3) is 3.41. The van der Waals surface area contributed by atoms with Gasteiger partial charge in [0.1, 0.15) is 6.10 Å². The van der Waals surface area contributed by atoms with Crippen LogP contribution in [-0.4, -0.2) is 30.0 Å². The highest BCUT2D eigenvalue weighted by Crippen LogP contribution is 2.68. The van der Waals surface area contributed by atoms with Gasteiger partial charge < -0.3 is 9.47 Å². The van der Waals surface area contributed by atoms with Crippen LogP contribution in [0.1, 0.15) is 71.6 Å². The van der Waals surface area contributed by atoms with Crippen LogP contribution in [0.3, 0.4) is 0 Å². The first-order valence-corrected chi connectivity index (χ1v) is 12.2. The molecule has 0 bridgehead atoms. The van der Waals surface area contributed by atoms with E-state index in [1.165, 1.54) is 39.2 Å². The summed E-state index contributed by atoms with van der Waals surface area (Å²) in [6.07, 6.45) is 9.84. The highest BCUT2D eigenvalue weighted by molar-refractivity contribution is 6.52. The molecule has 0 N–H and O–H groups in total.